The molecule has 2 aliphatic rings. The Labute approximate surface area is 122 Å². The minimum absolute atomic E-state index is 0.292. The summed E-state index contributed by atoms with van der Waals surface area (Å²) in [7, 11) is 0. The van der Waals surface area contributed by atoms with E-state index in [0.29, 0.717) is 18.7 Å². The molecule has 3 rings (SSSR count). The smallest absolute Gasteiger partial charge is 0.377 e. The van der Waals surface area contributed by atoms with E-state index in [4.69, 9.17) is 4.74 Å². The second-order valence-electron chi connectivity index (χ2n) is 5.99. The number of hydrogen-bond donors (Lipinski definition) is 0. The Morgan fingerprint density at radius 1 is 1.10 bits per heavy atom. The molecule has 0 aromatic heterocycles. The molecule has 0 bridgehead atoms. The van der Waals surface area contributed by atoms with Crippen LogP contribution in [0.5, 0.6) is 0 Å². The van der Waals surface area contributed by atoms with E-state index in [0.717, 1.165) is 31.6 Å². The zero-order valence-corrected chi connectivity index (χ0v) is 11.9. The van der Waals surface area contributed by atoms with Crippen molar-refractivity contribution in [3.8, 4) is 0 Å². The standard InChI is InChI=1S/C16H20F3NO/c17-16(18,19)13-5-3-12(4-6-13)10-20(14-7-8-14)11-15-2-1-9-21-15/h3-6,14-15H,1-2,7-11H2/t15-/m0/s1. The second-order valence-corrected chi connectivity index (χ2v) is 5.99. The zero-order chi connectivity index (χ0) is 14.9. The van der Waals surface area contributed by atoms with E-state index in [1.807, 2.05) is 0 Å². The van der Waals surface area contributed by atoms with Crippen molar-refractivity contribution in [2.75, 3.05) is 13.2 Å². The van der Waals surface area contributed by atoms with Gasteiger partial charge in [0.1, 0.15) is 0 Å². The zero-order valence-electron chi connectivity index (χ0n) is 11.9. The van der Waals surface area contributed by atoms with E-state index < -0.39 is 11.7 Å². The molecule has 1 aliphatic carbocycles. The van der Waals surface area contributed by atoms with E-state index in [9.17, 15) is 13.2 Å². The lowest BCUT2D eigenvalue weighted by atomic mass is 10.1. The molecule has 21 heavy (non-hydrogen) atoms. The van der Waals surface area contributed by atoms with Crippen molar-refractivity contribution in [3.63, 3.8) is 0 Å². The fraction of sp³-hybridized carbons (Fsp3) is 0.625. The monoisotopic (exact) mass is 299 g/mol. The number of ether oxygens (including phenoxy) is 1. The molecule has 0 unspecified atom stereocenters. The highest BCUT2D eigenvalue weighted by Gasteiger charge is 2.32. The third-order valence-corrected chi connectivity index (χ3v) is 4.19. The van der Waals surface area contributed by atoms with E-state index in [-0.39, 0.29) is 0 Å². The summed E-state index contributed by atoms with van der Waals surface area (Å²) in [6, 6.07) is 6.11. The highest BCUT2D eigenvalue weighted by molar-refractivity contribution is 5.24. The molecule has 2 fully saturated rings. The number of rotatable bonds is 5. The van der Waals surface area contributed by atoms with Crippen molar-refractivity contribution in [1.29, 1.82) is 0 Å². The summed E-state index contributed by atoms with van der Waals surface area (Å²) >= 11 is 0. The molecule has 2 nitrogen and oxygen atoms in total. The van der Waals surface area contributed by atoms with Gasteiger partial charge in [0, 0.05) is 25.7 Å². The topological polar surface area (TPSA) is 12.5 Å². The largest absolute Gasteiger partial charge is 0.416 e. The predicted octanol–water partition coefficient (Wildman–Crippen LogP) is 3.85. The number of benzene rings is 1. The number of halogens is 3. The molecule has 1 aromatic rings. The van der Waals surface area contributed by atoms with E-state index in [2.05, 4.69) is 4.90 Å². The fourth-order valence-electron chi connectivity index (χ4n) is 2.87. The van der Waals surface area contributed by atoms with Crippen molar-refractivity contribution < 1.29 is 17.9 Å². The van der Waals surface area contributed by atoms with Crippen LogP contribution in [0.25, 0.3) is 0 Å². The lowest BCUT2D eigenvalue weighted by molar-refractivity contribution is -0.137. The van der Waals surface area contributed by atoms with Crippen molar-refractivity contribution in [2.24, 2.45) is 0 Å². The molecule has 1 saturated carbocycles. The fourth-order valence-corrected chi connectivity index (χ4v) is 2.87. The average Bonchev–Trinajstić information content (AvgIpc) is 3.16. The molecule has 0 N–H and O–H groups in total. The minimum atomic E-state index is -4.26. The van der Waals surface area contributed by atoms with Crippen LogP contribution in [-0.2, 0) is 17.5 Å². The van der Waals surface area contributed by atoms with Gasteiger partial charge in [0.25, 0.3) is 0 Å². The summed E-state index contributed by atoms with van der Waals surface area (Å²) in [6.45, 7) is 2.44. The number of hydrogen-bond acceptors (Lipinski definition) is 2. The maximum Gasteiger partial charge on any atom is 0.416 e. The number of alkyl halides is 3. The lowest BCUT2D eigenvalue weighted by Gasteiger charge is -2.25. The highest BCUT2D eigenvalue weighted by Crippen LogP contribution is 2.31. The van der Waals surface area contributed by atoms with Crippen LogP contribution in [0.15, 0.2) is 24.3 Å². The van der Waals surface area contributed by atoms with Crippen molar-refractivity contribution >= 4 is 0 Å². The highest BCUT2D eigenvalue weighted by atomic mass is 19.4. The van der Waals surface area contributed by atoms with Gasteiger partial charge >= 0.3 is 6.18 Å². The van der Waals surface area contributed by atoms with Gasteiger partial charge in [-0.2, -0.15) is 13.2 Å². The van der Waals surface area contributed by atoms with Gasteiger partial charge in [0.15, 0.2) is 0 Å². The van der Waals surface area contributed by atoms with Gasteiger partial charge in [0.2, 0.25) is 0 Å². The molecule has 0 spiro atoms. The van der Waals surface area contributed by atoms with Crippen LogP contribution in [0.1, 0.15) is 36.8 Å². The van der Waals surface area contributed by atoms with Crippen LogP contribution < -0.4 is 0 Å². The first-order valence-electron chi connectivity index (χ1n) is 7.54. The Bertz CT molecular complexity index is 461. The van der Waals surface area contributed by atoms with Gasteiger partial charge in [0.05, 0.1) is 11.7 Å². The molecule has 1 saturated heterocycles. The maximum atomic E-state index is 12.6. The van der Waals surface area contributed by atoms with Crippen molar-refractivity contribution in [3.05, 3.63) is 35.4 Å². The molecule has 1 aliphatic heterocycles. The molecular formula is C16H20F3NO. The van der Waals surface area contributed by atoms with Crippen LogP contribution >= 0.6 is 0 Å². The van der Waals surface area contributed by atoms with Gasteiger partial charge in [-0.3, -0.25) is 4.90 Å². The first kappa shape index (κ1) is 14.9. The summed E-state index contributed by atoms with van der Waals surface area (Å²) in [5.74, 6) is 0. The Morgan fingerprint density at radius 2 is 1.81 bits per heavy atom. The average molecular weight is 299 g/mol. The summed E-state index contributed by atoms with van der Waals surface area (Å²) in [4.78, 5) is 2.36. The van der Waals surface area contributed by atoms with Gasteiger partial charge in [-0.15, -0.1) is 0 Å². The van der Waals surface area contributed by atoms with Gasteiger partial charge in [-0.1, -0.05) is 12.1 Å². The molecule has 116 valence electrons. The Hall–Kier alpha value is -1.07. The SMILES string of the molecule is FC(F)(F)c1ccc(CN(C[C@@H]2CCCO2)C2CC2)cc1. The van der Waals surface area contributed by atoms with Crippen molar-refractivity contribution in [2.45, 2.75) is 50.6 Å². The molecule has 1 heterocycles. The molecule has 1 aromatic carbocycles. The van der Waals surface area contributed by atoms with Crippen LogP contribution in [0, 0.1) is 0 Å². The summed E-state index contributed by atoms with van der Waals surface area (Å²) in [5.41, 5.74) is 0.358. The summed E-state index contributed by atoms with van der Waals surface area (Å²) in [6.07, 6.45) is 0.618. The third-order valence-electron chi connectivity index (χ3n) is 4.19. The normalized spacial score (nSPS) is 23.0. The van der Waals surface area contributed by atoms with Gasteiger partial charge in [-0.05, 0) is 43.4 Å². The third kappa shape index (κ3) is 3.98. The van der Waals surface area contributed by atoms with E-state index in [1.165, 1.54) is 25.0 Å². The van der Waals surface area contributed by atoms with Crippen LogP contribution in [-0.4, -0.2) is 30.2 Å². The number of nitrogens with zero attached hydrogens (tertiary/aromatic N) is 1. The van der Waals surface area contributed by atoms with E-state index in [1.54, 1.807) is 12.1 Å². The molecule has 0 radical (unpaired) electrons. The first-order chi connectivity index (χ1) is 10.0. The quantitative estimate of drug-likeness (QED) is 0.819. The van der Waals surface area contributed by atoms with Crippen molar-refractivity contribution in [1.82, 2.24) is 4.90 Å². The molecule has 0 amide bonds. The summed E-state index contributed by atoms with van der Waals surface area (Å²) in [5, 5.41) is 0. The summed E-state index contributed by atoms with van der Waals surface area (Å²) < 4.78 is 43.4. The van der Waals surface area contributed by atoms with Crippen LogP contribution in [0.2, 0.25) is 0 Å². The van der Waals surface area contributed by atoms with Gasteiger partial charge in [-0.25, -0.2) is 0 Å². The van der Waals surface area contributed by atoms with Gasteiger partial charge < -0.3 is 4.74 Å². The second kappa shape index (κ2) is 5.97. The van der Waals surface area contributed by atoms with Crippen LogP contribution in [0.3, 0.4) is 0 Å². The van der Waals surface area contributed by atoms with E-state index >= 15 is 0 Å². The first-order valence-corrected chi connectivity index (χ1v) is 7.54. The minimum Gasteiger partial charge on any atom is -0.377 e. The maximum absolute atomic E-state index is 12.6. The lowest BCUT2D eigenvalue weighted by Crippen LogP contribution is -2.33. The van der Waals surface area contributed by atoms with Crippen LogP contribution in [0.4, 0.5) is 13.2 Å². The Balaban J connectivity index is 1.62. The predicted molar refractivity (Wildman–Crippen MR) is 73.9 cm³/mol. The Kier molecular flexibility index (Phi) is 4.22. The molecule has 1 atom stereocenters. The molecule has 5 heteroatoms. The molecular weight excluding hydrogens is 279 g/mol. The Morgan fingerprint density at radius 3 is 2.33 bits per heavy atom.